The van der Waals surface area contributed by atoms with Crippen LogP contribution >= 0.6 is 0 Å². The summed E-state index contributed by atoms with van der Waals surface area (Å²) in [5, 5.41) is 72.2. The fourth-order valence-corrected chi connectivity index (χ4v) is 9.49. The van der Waals surface area contributed by atoms with Crippen molar-refractivity contribution in [2.75, 3.05) is 26.4 Å². The number of ether oxygens (including phenoxy) is 6. The van der Waals surface area contributed by atoms with Gasteiger partial charge in [0.2, 0.25) is 0 Å². The Labute approximate surface area is 441 Å². The van der Waals surface area contributed by atoms with E-state index in [0.717, 1.165) is 32.1 Å². The van der Waals surface area contributed by atoms with E-state index in [1.165, 1.54) is 186 Å². The van der Waals surface area contributed by atoms with Crippen molar-refractivity contribution in [1.29, 1.82) is 0 Å². The van der Waals surface area contributed by atoms with Crippen molar-refractivity contribution >= 4 is 11.9 Å². The van der Waals surface area contributed by atoms with Crippen LogP contribution in [0.15, 0.2) is 24.3 Å². The van der Waals surface area contributed by atoms with Gasteiger partial charge in [-0.2, -0.15) is 0 Å². The fourth-order valence-electron chi connectivity index (χ4n) is 9.49. The molecule has 2 aliphatic rings. The van der Waals surface area contributed by atoms with E-state index in [4.69, 9.17) is 28.4 Å². The Bertz CT molecular complexity index is 1360. The second-order valence-corrected chi connectivity index (χ2v) is 20.9. The summed E-state index contributed by atoms with van der Waals surface area (Å²) in [6.45, 7) is 2.52. The van der Waals surface area contributed by atoms with Crippen molar-refractivity contribution in [2.24, 2.45) is 0 Å². The molecule has 15 heteroatoms. The summed E-state index contributed by atoms with van der Waals surface area (Å²) >= 11 is 0. The monoisotopic (exact) mass is 1040 g/mol. The lowest BCUT2D eigenvalue weighted by Gasteiger charge is -2.42. The highest BCUT2D eigenvalue weighted by Gasteiger charge is 2.47. The zero-order valence-corrected chi connectivity index (χ0v) is 45.6. The van der Waals surface area contributed by atoms with Crippen LogP contribution in [0.25, 0.3) is 0 Å². The SMILES string of the molecule is CCCCCCCCCCCCC/C=C/C=C/C(=O)OC[C@H](CO[C@H]1O[C@@H](CO[C@H]2O[C@@H](CO)[C@@H](O)C(O)C2O)[C@@H](O)C(O)C1O)OC(=O)CCCCCCCCCCCCCCCCCCCCCCCC. The lowest BCUT2D eigenvalue weighted by molar-refractivity contribution is -0.332. The first-order valence-corrected chi connectivity index (χ1v) is 29.5. The standard InChI is InChI=1S/C58H106O15/c1-3-5-7-9-11-13-15-17-19-20-21-22-23-24-25-27-29-31-33-35-37-39-41-50(61)71-46(43-68-49(60)40-38-36-34-32-30-28-26-18-16-14-12-10-8-6-4-2)44-69-57-56(67)54(65)52(63)48(73-57)45-70-58-55(66)53(64)51(62)47(42-59)72-58/h34,36,38,40,46-48,51-59,62-67H,3-33,35,37,39,41-45H2,1-2H3/b36-34+,40-38+/t46-,47+,48+,51-,52-,53?,54?,55?,56?,57+,58+/m1/s1. The van der Waals surface area contributed by atoms with Crippen LogP contribution in [0.5, 0.6) is 0 Å². The Morgan fingerprint density at radius 2 is 0.863 bits per heavy atom. The maximum Gasteiger partial charge on any atom is 0.330 e. The van der Waals surface area contributed by atoms with E-state index < -0.39 is 99.3 Å². The Balaban J connectivity index is 1.76. The number of hydrogen-bond donors (Lipinski definition) is 7. The first-order valence-electron chi connectivity index (χ1n) is 29.5. The van der Waals surface area contributed by atoms with E-state index in [2.05, 4.69) is 13.8 Å². The van der Waals surface area contributed by atoms with Gasteiger partial charge < -0.3 is 64.2 Å². The zero-order valence-electron chi connectivity index (χ0n) is 45.6. The Morgan fingerprint density at radius 3 is 1.32 bits per heavy atom. The maximum absolute atomic E-state index is 13.1. The average Bonchev–Trinajstić information content (AvgIpc) is 3.38. The van der Waals surface area contributed by atoms with Crippen LogP contribution < -0.4 is 0 Å². The quantitative estimate of drug-likeness (QED) is 0.0130. The van der Waals surface area contributed by atoms with Crippen LogP contribution in [-0.4, -0.2) is 142 Å². The summed E-state index contributed by atoms with van der Waals surface area (Å²) in [5.41, 5.74) is 0. The van der Waals surface area contributed by atoms with Gasteiger partial charge in [-0.05, 0) is 19.3 Å². The van der Waals surface area contributed by atoms with Gasteiger partial charge in [-0.1, -0.05) is 231 Å². The van der Waals surface area contributed by atoms with Crippen LogP contribution in [0, 0.1) is 0 Å². The lowest BCUT2D eigenvalue weighted by Crippen LogP contribution is -2.61. The number of carbonyl (C=O) groups is 2. The van der Waals surface area contributed by atoms with Gasteiger partial charge >= 0.3 is 11.9 Å². The number of unbranched alkanes of at least 4 members (excludes halogenated alkanes) is 32. The van der Waals surface area contributed by atoms with Crippen LogP contribution in [-0.2, 0) is 38.0 Å². The minimum absolute atomic E-state index is 0.151. The van der Waals surface area contributed by atoms with Crippen molar-refractivity contribution in [3.63, 3.8) is 0 Å². The Morgan fingerprint density at radius 1 is 0.466 bits per heavy atom. The molecule has 0 amide bonds. The van der Waals surface area contributed by atoms with Crippen LogP contribution in [0.1, 0.15) is 239 Å². The average molecular weight is 1040 g/mol. The topological polar surface area (TPSA) is 231 Å². The highest BCUT2D eigenvalue weighted by atomic mass is 16.7. The highest BCUT2D eigenvalue weighted by molar-refractivity contribution is 5.82. The Hall–Kier alpha value is -2.02. The van der Waals surface area contributed by atoms with E-state index >= 15 is 0 Å². The second-order valence-electron chi connectivity index (χ2n) is 20.9. The van der Waals surface area contributed by atoms with Gasteiger partial charge in [0.1, 0.15) is 55.4 Å². The molecule has 0 aromatic carbocycles. The molecule has 4 unspecified atom stereocenters. The van der Waals surface area contributed by atoms with E-state index in [1.54, 1.807) is 12.2 Å². The third-order valence-corrected chi connectivity index (χ3v) is 14.3. The molecule has 0 bridgehead atoms. The van der Waals surface area contributed by atoms with Gasteiger partial charge in [0, 0.05) is 12.5 Å². The molecule has 15 nitrogen and oxygen atoms in total. The highest BCUT2D eigenvalue weighted by Crippen LogP contribution is 2.27. The predicted molar refractivity (Wildman–Crippen MR) is 284 cm³/mol. The molecule has 2 heterocycles. The third-order valence-electron chi connectivity index (χ3n) is 14.3. The van der Waals surface area contributed by atoms with Gasteiger partial charge in [-0.15, -0.1) is 0 Å². The van der Waals surface area contributed by atoms with Crippen LogP contribution in [0.2, 0.25) is 0 Å². The molecule has 7 N–H and O–H groups in total. The number of allylic oxidation sites excluding steroid dienone is 3. The van der Waals surface area contributed by atoms with Crippen molar-refractivity contribution in [3.8, 4) is 0 Å². The normalized spacial score (nSPS) is 24.9. The fraction of sp³-hybridized carbons (Fsp3) is 0.897. The molecule has 73 heavy (non-hydrogen) atoms. The number of aliphatic hydroxyl groups is 7. The maximum atomic E-state index is 13.1. The minimum atomic E-state index is -1.78. The summed E-state index contributed by atoms with van der Waals surface area (Å²) in [6.07, 6.45) is 32.7. The summed E-state index contributed by atoms with van der Waals surface area (Å²) in [7, 11) is 0. The third kappa shape index (κ3) is 32.4. The molecule has 2 fully saturated rings. The molecule has 0 aromatic rings. The van der Waals surface area contributed by atoms with E-state index in [1.807, 2.05) is 6.08 Å². The molecule has 2 rings (SSSR count). The molecule has 0 spiro atoms. The molecule has 0 radical (unpaired) electrons. The smallest absolute Gasteiger partial charge is 0.330 e. The van der Waals surface area contributed by atoms with Crippen molar-refractivity contribution < 1.29 is 73.8 Å². The second kappa shape index (κ2) is 45.0. The molecular formula is C58H106O15. The number of rotatable bonds is 47. The summed E-state index contributed by atoms with van der Waals surface area (Å²) in [6, 6.07) is 0. The molecule has 2 saturated heterocycles. The number of esters is 2. The number of hydrogen-bond acceptors (Lipinski definition) is 15. The predicted octanol–water partition coefficient (Wildman–Crippen LogP) is 9.89. The largest absolute Gasteiger partial charge is 0.458 e. The van der Waals surface area contributed by atoms with Gasteiger partial charge in [-0.25, -0.2) is 4.79 Å². The molecule has 2 aliphatic heterocycles. The van der Waals surface area contributed by atoms with E-state index in [9.17, 15) is 45.3 Å². The molecule has 0 aromatic heterocycles. The number of aliphatic hydroxyl groups excluding tert-OH is 7. The van der Waals surface area contributed by atoms with Gasteiger partial charge in [0.05, 0.1) is 19.8 Å². The summed E-state index contributed by atoms with van der Waals surface area (Å²) in [4.78, 5) is 25.8. The van der Waals surface area contributed by atoms with Gasteiger partial charge in [-0.3, -0.25) is 4.79 Å². The van der Waals surface area contributed by atoms with Crippen molar-refractivity contribution in [2.45, 2.75) is 306 Å². The van der Waals surface area contributed by atoms with Crippen molar-refractivity contribution in [1.82, 2.24) is 0 Å². The minimum Gasteiger partial charge on any atom is -0.458 e. The molecular weight excluding hydrogens is 937 g/mol. The molecule has 428 valence electrons. The van der Waals surface area contributed by atoms with Crippen LogP contribution in [0.3, 0.4) is 0 Å². The van der Waals surface area contributed by atoms with Crippen LogP contribution in [0.4, 0.5) is 0 Å². The summed E-state index contributed by atoms with van der Waals surface area (Å²) in [5.74, 6) is -1.16. The first-order chi connectivity index (χ1) is 35.5. The van der Waals surface area contributed by atoms with E-state index in [-0.39, 0.29) is 13.0 Å². The molecule has 11 atom stereocenters. The lowest BCUT2D eigenvalue weighted by atomic mass is 9.98. The first kappa shape index (κ1) is 67.1. The van der Waals surface area contributed by atoms with Gasteiger partial charge in [0.15, 0.2) is 18.7 Å². The molecule has 0 saturated carbocycles. The van der Waals surface area contributed by atoms with Crippen molar-refractivity contribution in [3.05, 3.63) is 24.3 Å². The van der Waals surface area contributed by atoms with E-state index in [0.29, 0.717) is 6.42 Å². The van der Waals surface area contributed by atoms with Gasteiger partial charge in [0.25, 0.3) is 0 Å². The molecule has 0 aliphatic carbocycles. The summed E-state index contributed by atoms with van der Waals surface area (Å²) < 4.78 is 33.5. The Kier molecular flexibility index (Phi) is 41.4. The number of carbonyl (C=O) groups excluding carboxylic acids is 2. The zero-order chi connectivity index (χ0) is 53.2.